The zero-order valence-electron chi connectivity index (χ0n) is 16.9. The van der Waals surface area contributed by atoms with E-state index < -0.39 is 11.7 Å². The highest BCUT2D eigenvalue weighted by molar-refractivity contribution is 8.00. The lowest BCUT2D eigenvalue weighted by Crippen LogP contribution is -2.51. The van der Waals surface area contributed by atoms with Crippen LogP contribution in [-0.4, -0.2) is 34.3 Å². The summed E-state index contributed by atoms with van der Waals surface area (Å²) in [7, 11) is 0. The summed E-state index contributed by atoms with van der Waals surface area (Å²) in [5, 5.41) is 10.1. The molecule has 3 aromatic rings. The zero-order chi connectivity index (χ0) is 22.2. The summed E-state index contributed by atoms with van der Waals surface area (Å²) in [6.45, 7) is 4.74. The van der Waals surface area contributed by atoms with Crippen LogP contribution in [0.25, 0.3) is 11.3 Å². The van der Waals surface area contributed by atoms with Gasteiger partial charge in [0.1, 0.15) is 16.7 Å². The first kappa shape index (κ1) is 21.5. The topological polar surface area (TPSA) is 61.3 Å². The summed E-state index contributed by atoms with van der Waals surface area (Å²) in [6, 6.07) is 13.1. The molecule has 162 valence electrons. The predicted molar refractivity (Wildman–Crippen MR) is 116 cm³/mol. The smallest absolute Gasteiger partial charge is 0.389 e. The second-order valence-electron chi connectivity index (χ2n) is 7.49. The van der Waals surface area contributed by atoms with Crippen molar-refractivity contribution in [2.24, 2.45) is 0 Å². The molecule has 1 aliphatic rings. The molecular formula is C22H21F3N4OS. The first-order valence-electron chi connectivity index (χ1n) is 9.69. The number of hydrogen-bond donors (Lipinski definition) is 2. The van der Waals surface area contributed by atoms with Crippen molar-refractivity contribution in [2.75, 3.05) is 22.7 Å². The second-order valence-corrected chi connectivity index (χ2v) is 8.31. The van der Waals surface area contributed by atoms with Gasteiger partial charge in [0.2, 0.25) is 0 Å². The number of nitrogens with one attached hydrogen (secondary N) is 1. The molecule has 4 rings (SSSR count). The summed E-state index contributed by atoms with van der Waals surface area (Å²) >= 11 is 1.09. The van der Waals surface area contributed by atoms with Crippen molar-refractivity contribution in [1.29, 1.82) is 0 Å². The lowest BCUT2D eigenvalue weighted by atomic mass is 9.98. The summed E-state index contributed by atoms with van der Waals surface area (Å²) in [4.78, 5) is 10.9. The van der Waals surface area contributed by atoms with Gasteiger partial charge in [-0.15, -0.1) is 0 Å². The molecule has 1 saturated heterocycles. The van der Waals surface area contributed by atoms with Crippen molar-refractivity contribution < 1.29 is 18.3 Å². The molecule has 0 spiro atoms. The molecule has 0 atom stereocenters. The molecule has 9 heteroatoms. The first-order valence-corrected chi connectivity index (χ1v) is 10.5. The van der Waals surface area contributed by atoms with Gasteiger partial charge in [-0.1, -0.05) is 24.3 Å². The molecule has 3 heterocycles. The van der Waals surface area contributed by atoms with E-state index in [0.717, 1.165) is 35.2 Å². The van der Waals surface area contributed by atoms with E-state index in [0.29, 0.717) is 29.5 Å². The molecule has 1 aromatic carbocycles. The van der Waals surface area contributed by atoms with Crippen molar-refractivity contribution in [1.82, 2.24) is 9.97 Å². The number of aryl methyl sites for hydroxylation is 2. The maximum absolute atomic E-state index is 13.5. The lowest BCUT2D eigenvalue weighted by Gasteiger charge is -2.36. The lowest BCUT2D eigenvalue weighted by molar-refractivity contribution is -0.137. The Balaban J connectivity index is 1.62. The highest BCUT2D eigenvalue weighted by atomic mass is 32.2. The van der Waals surface area contributed by atoms with Gasteiger partial charge in [0.15, 0.2) is 0 Å². The van der Waals surface area contributed by atoms with Crippen molar-refractivity contribution in [3.63, 3.8) is 0 Å². The Morgan fingerprint density at radius 2 is 1.71 bits per heavy atom. The molecule has 0 bridgehead atoms. The monoisotopic (exact) mass is 446 g/mol. The van der Waals surface area contributed by atoms with Crippen LogP contribution in [-0.2, 0) is 6.18 Å². The molecule has 1 fully saturated rings. The third-order valence-electron chi connectivity index (χ3n) is 5.05. The number of benzene rings is 1. The highest BCUT2D eigenvalue weighted by Gasteiger charge is 2.32. The molecule has 0 saturated carbocycles. The fourth-order valence-electron chi connectivity index (χ4n) is 3.48. The number of nitrogens with zero attached hydrogens (tertiary/aromatic N) is 3. The van der Waals surface area contributed by atoms with Crippen molar-refractivity contribution >= 4 is 23.6 Å². The summed E-state index contributed by atoms with van der Waals surface area (Å²) in [6.07, 6.45) is -4.85. The average Bonchev–Trinajstić information content (AvgIpc) is 2.69. The maximum atomic E-state index is 13.5. The Morgan fingerprint density at radius 3 is 2.35 bits per heavy atom. The van der Waals surface area contributed by atoms with Crippen LogP contribution in [0, 0.1) is 13.8 Å². The molecule has 2 aromatic heterocycles. The Kier molecular flexibility index (Phi) is 5.81. The number of alkyl halides is 3. The summed E-state index contributed by atoms with van der Waals surface area (Å²) in [5.74, 6) is 0.814. The zero-order valence-corrected chi connectivity index (χ0v) is 17.8. The Hall–Kier alpha value is -2.78. The molecule has 31 heavy (non-hydrogen) atoms. The fourth-order valence-corrected chi connectivity index (χ4v) is 4.08. The number of aliphatic hydroxyl groups excluding tert-OH is 1. The van der Waals surface area contributed by atoms with Crippen LogP contribution in [0.15, 0.2) is 53.6 Å². The minimum atomic E-state index is -4.49. The molecule has 0 aliphatic carbocycles. The number of halogens is 3. The van der Waals surface area contributed by atoms with Crippen LogP contribution >= 0.6 is 11.9 Å². The predicted octanol–water partition coefficient (Wildman–Crippen LogP) is 5.08. The highest BCUT2D eigenvalue weighted by Crippen LogP contribution is 2.36. The van der Waals surface area contributed by atoms with Gasteiger partial charge >= 0.3 is 6.18 Å². The van der Waals surface area contributed by atoms with Gasteiger partial charge in [-0.3, -0.25) is 0 Å². The quantitative estimate of drug-likeness (QED) is 0.533. The normalized spacial score (nSPS) is 14.5. The van der Waals surface area contributed by atoms with Gasteiger partial charge < -0.3 is 14.7 Å². The van der Waals surface area contributed by atoms with E-state index in [1.54, 1.807) is 6.07 Å². The molecule has 5 nitrogen and oxygen atoms in total. The average molecular weight is 446 g/mol. The van der Waals surface area contributed by atoms with Gasteiger partial charge in [0, 0.05) is 30.6 Å². The third-order valence-corrected chi connectivity index (χ3v) is 5.79. The van der Waals surface area contributed by atoms with Gasteiger partial charge in [-0.25, -0.2) is 9.97 Å². The number of hydrogen-bond acceptors (Lipinski definition) is 6. The standard InChI is InChI=1S/C22H21F3N4OS/c1-13-5-3-6-14(2)21(13)17-9-15(22(23,24)25)10-18(26-17)28-31-20-8-4-7-19(27-20)29-11-16(30)12-29/h3-10,16,30H,11-12H2,1-2H3,(H,26,28). The van der Waals surface area contributed by atoms with E-state index in [9.17, 15) is 18.3 Å². The van der Waals surface area contributed by atoms with Crippen molar-refractivity contribution in [3.05, 3.63) is 65.2 Å². The Labute approximate surface area is 182 Å². The molecule has 0 radical (unpaired) electrons. The van der Waals surface area contributed by atoms with Gasteiger partial charge in [0.05, 0.1) is 17.4 Å². The minimum Gasteiger partial charge on any atom is -0.389 e. The van der Waals surface area contributed by atoms with E-state index in [2.05, 4.69) is 14.7 Å². The molecule has 2 N–H and O–H groups in total. The Morgan fingerprint density at radius 1 is 1.03 bits per heavy atom. The van der Waals surface area contributed by atoms with E-state index in [4.69, 9.17) is 0 Å². The largest absolute Gasteiger partial charge is 0.416 e. The molecule has 0 amide bonds. The van der Waals surface area contributed by atoms with Gasteiger partial charge in [-0.05, 0) is 49.2 Å². The molecule has 1 aliphatic heterocycles. The van der Waals surface area contributed by atoms with Crippen molar-refractivity contribution in [3.8, 4) is 11.3 Å². The third kappa shape index (κ3) is 4.77. The number of anilines is 2. The molecule has 0 unspecified atom stereocenters. The van der Waals surface area contributed by atoms with E-state index >= 15 is 0 Å². The van der Waals surface area contributed by atoms with Crippen molar-refractivity contribution in [2.45, 2.75) is 31.2 Å². The van der Waals surface area contributed by atoms with Crippen LogP contribution < -0.4 is 9.62 Å². The number of rotatable bonds is 5. The Bertz CT molecular complexity index is 1080. The number of pyridine rings is 2. The fraction of sp³-hybridized carbons (Fsp3) is 0.273. The van der Waals surface area contributed by atoms with Gasteiger partial charge in [-0.2, -0.15) is 13.2 Å². The number of β-amino-alcohol motifs (C(OH)–C–C–N with tert-alkyl or cyclic N) is 1. The van der Waals surface area contributed by atoms with Crippen LogP contribution in [0.4, 0.5) is 24.8 Å². The first-order chi connectivity index (χ1) is 14.7. The van der Waals surface area contributed by atoms with E-state index in [1.165, 1.54) is 0 Å². The number of aromatic nitrogens is 2. The van der Waals surface area contributed by atoms with E-state index in [1.807, 2.05) is 49.1 Å². The summed E-state index contributed by atoms with van der Waals surface area (Å²) < 4.78 is 43.5. The van der Waals surface area contributed by atoms with Crippen LogP contribution in [0.5, 0.6) is 0 Å². The van der Waals surface area contributed by atoms with Crippen LogP contribution in [0.1, 0.15) is 16.7 Å². The van der Waals surface area contributed by atoms with Crippen LogP contribution in [0.3, 0.4) is 0 Å². The van der Waals surface area contributed by atoms with E-state index in [-0.39, 0.29) is 17.6 Å². The van der Waals surface area contributed by atoms with Crippen LogP contribution in [0.2, 0.25) is 0 Å². The molecular weight excluding hydrogens is 425 g/mol. The number of aliphatic hydroxyl groups is 1. The SMILES string of the molecule is Cc1cccc(C)c1-c1cc(C(F)(F)F)cc(NSc2cccc(N3CC(O)C3)n2)n1. The summed E-state index contributed by atoms with van der Waals surface area (Å²) in [5.41, 5.74) is 1.91. The maximum Gasteiger partial charge on any atom is 0.416 e. The second kappa shape index (κ2) is 8.39. The minimum absolute atomic E-state index is 0.101. The van der Waals surface area contributed by atoms with Gasteiger partial charge in [0.25, 0.3) is 0 Å².